The highest BCUT2D eigenvalue weighted by Gasteiger charge is 2.18. The molecule has 0 aliphatic heterocycles. The van der Waals surface area contributed by atoms with Gasteiger partial charge in [-0.15, -0.1) is 0 Å². The summed E-state index contributed by atoms with van der Waals surface area (Å²) in [6.45, 7) is 4.46. The van der Waals surface area contributed by atoms with E-state index in [-0.39, 0.29) is 5.91 Å². The summed E-state index contributed by atoms with van der Waals surface area (Å²) in [6, 6.07) is 7.74. The van der Waals surface area contributed by atoms with E-state index in [1.165, 1.54) is 12.4 Å². The Bertz CT molecular complexity index is 580. The molecule has 2 rings (SSSR count). The molecule has 0 atom stereocenters. The van der Waals surface area contributed by atoms with Crippen LogP contribution in [0.25, 0.3) is 0 Å². The number of amides is 1. The maximum absolute atomic E-state index is 12.4. The zero-order valence-electron chi connectivity index (χ0n) is 11.0. The average Bonchev–Trinajstić information content (AvgIpc) is 2.42. The molecule has 2 aromatic rings. The number of nitrogen functional groups attached to an aromatic ring is 1. The van der Waals surface area contributed by atoms with E-state index in [1.807, 2.05) is 38.1 Å². The summed E-state index contributed by atoms with van der Waals surface area (Å²) < 4.78 is 0. The van der Waals surface area contributed by atoms with Gasteiger partial charge in [-0.2, -0.15) is 0 Å². The highest BCUT2D eigenvalue weighted by molar-refractivity contribution is 6.05. The Hall–Kier alpha value is -2.43. The van der Waals surface area contributed by atoms with E-state index in [2.05, 4.69) is 9.97 Å². The second-order valence-corrected chi connectivity index (χ2v) is 4.16. The molecule has 1 heterocycles. The minimum Gasteiger partial charge on any atom is -0.382 e. The lowest BCUT2D eigenvalue weighted by molar-refractivity contribution is 0.0983. The molecule has 0 bridgehead atoms. The van der Waals surface area contributed by atoms with Gasteiger partial charge in [-0.3, -0.25) is 4.79 Å². The predicted octanol–water partition coefficient (Wildman–Crippen LogP) is 2.03. The number of aromatic nitrogens is 2. The zero-order valence-corrected chi connectivity index (χ0v) is 11.0. The van der Waals surface area contributed by atoms with Crippen molar-refractivity contribution in [2.24, 2.45) is 0 Å². The van der Waals surface area contributed by atoms with Gasteiger partial charge < -0.3 is 10.6 Å². The van der Waals surface area contributed by atoms with Crippen molar-refractivity contribution in [1.29, 1.82) is 0 Å². The number of benzene rings is 1. The van der Waals surface area contributed by atoms with Crippen molar-refractivity contribution >= 4 is 17.4 Å². The molecule has 0 aliphatic rings. The van der Waals surface area contributed by atoms with Crippen LogP contribution in [0.3, 0.4) is 0 Å². The first kappa shape index (κ1) is 13.0. The fourth-order valence-corrected chi connectivity index (χ4v) is 1.88. The lowest BCUT2D eigenvalue weighted by atomic mass is 10.1. The minimum atomic E-state index is -0.177. The molecular formula is C14H16N4O. The molecule has 98 valence electrons. The second-order valence-electron chi connectivity index (χ2n) is 4.16. The SMILES string of the molecule is CCN(C(=O)c1cnc(N)cn1)c1ccccc1C. The molecule has 1 amide bonds. The van der Waals surface area contributed by atoms with Crippen LogP contribution in [-0.4, -0.2) is 22.4 Å². The molecular weight excluding hydrogens is 240 g/mol. The highest BCUT2D eigenvalue weighted by Crippen LogP contribution is 2.20. The van der Waals surface area contributed by atoms with Crippen molar-refractivity contribution < 1.29 is 4.79 Å². The number of hydrogen-bond acceptors (Lipinski definition) is 4. The normalized spacial score (nSPS) is 10.2. The van der Waals surface area contributed by atoms with Gasteiger partial charge in [0.25, 0.3) is 5.91 Å². The van der Waals surface area contributed by atoms with Crippen LogP contribution in [0.5, 0.6) is 0 Å². The molecule has 1 aromatic carbocycles. The first-order chi connectivity index (χ1) is 9.13. The molecule has 5 heteroatoms. The standard InChI is InChI=1S/C14H16N4O/c1-3-18(12-7-5-4-6-10(12)2)14(19)11-8-17-13(15)9-16-11/h4-9H,3H2,1-2H3,(H2,15,17). The maximum Gasteiger partial charge on any atom is 0.278 e. The third kappa shape index (κ3) is 2.70. The molecule has 0 radical (unpaired) electrons. The van der Waals surface area contributed by atoms with Crippen LogP contribution in [-0.2, 0) is 0 Å². The minimum absolute atomic E-state index is 0.177. The topological polar surface area (TPSA) is 72.1 Å². The van der Waals surface area contributed by atoms with Gasteiger partial charge in [0.15, 0.2) is 0 Å². The quantitative estimate of drug-likeness (QED) is 0.912. The van der Waals surface area contributed by atoms with Gasteiger partial charge in [0.1, 0.15) is 11.5 Å². The third-order valence-electron chi connectivity index (χ3n) is 2.86. The largest absolute Gasteiger partial charge is 0.382 e. The van der Waals surface area contributed by atoms with Crippen LogP contribution >= 0.6 is 0 Å². The molecule has 0 aliphatic carbocycles. The number of para-hydroxylation sites is 1. The number of nitrogens with two attached hydrogens (primary N) is 1. The first-order valence-corrected chi connectivity index (χ1v) is 6.08. The van der Waals surface area contributed by atoms with Crippen molar-refractivity contribution in [2.75, 3.05) is 17.2 Å². The van der Waals surface area contributed by atoms with Gasteiger partial charge in [0.2, 0.25) is 0 Å². The van der Waals surface area contributed by atoms with Gasteiger partial charge in [-0.25, -0.2) is 9.97 Å². The van der Waals surface area contributed by atoms with Crippen molar-refractivity contribution in [3.05, 3.63) is 47.9 Å². The molecule has 0 saturated carbocycles. The summed E-state index contributed by atoms with van der Waals surface area (Å²) in [5.41, 5.74) is 7.69. The number of rotatable bonds is 3. The van der Waals surface area contributed by atoms with Gasteiger partial charge in [-0.05, 0) is 25.5 Å². The highest BCUT2D eigenvalue weighted by atomic mass is 16.2. The number of carbonyl (C=O) groups excluding carboxylic acids is 1. The number of aryl methyl sites for hydroxylation is 1. The summed E-state index contributed by atoms with van der Waals surface area (Å²) >= 11 is 0. The van der Waals surface area contributed by atoms with Crippen molar-refractivity contribution in [3.63, 3.8) is 0 Å². The smallest absolute Gasteiger partial charge is 0.278 e. The van der Waals surface area contributed by atoms with E-state index in [4.69, 9.17) is 5.73 Å². The van der Waals surface area contributed by atoms with E-state index in [0.717, 1.165) is 11.3 Å². The third-order valence-corrected chi connectivity index (χ3v) is 2.86. The molecule has 0 saturated heterocycles. The van der Waals surface area contributed by atoms with Crippen LogP contribution in [0, 0.1) is 6.92 Å². The van der Waals surface area contributed by atoms with Crippen LogP contribution in [0.4, 0.5) is 11.5 Å². The van der Waals surface area contributed by atoms with Crippen molar-refractivity contribution in [2.45, 2.75) is 13.8 Å². The lowest BCUT2D eigenvalue weighted by Crippen LogP contribution is -2.32. The Morgan fingerprint density at radius 3 is 2.58 bits per heavy atom. The fourth-order valence-electron chi connectivity index (χ4n) is 1.88. The maximum atomic E-state index is 12.4. The van der Waals surface area contributed by atoms with Crippen molar-refractivity contribution in [3.8, 4) is 0 Å². The van der Waals surface area contributed by atoms with Gasteiger partial charge in [-0.1, -0.05) is 18.2 Å². The summed E-state index contributed by atoms with van der Waals surface area (Å²) in [5.74, 6) is 0.125. The Kier molecular flexibility index (Phi) is 3.75. The Labute approximate surface area is 112 Å². The van der Waals surface area contributed by atoms with Crippen molar-refractivity contribution in [1.82, 2.24) is 9.97 Å². The number of hydrogen-bond donors (Lipinski definition) is 1. The van der Waals surface area contributed by atoms with Crippen LogP contribution in [0.1, 0.15) is 23.0 Å². The molecule has 19 heavy (non-hydrogen) atoms. The molecule has 5 nitrogen and oxygen atoms in total. The Morgan fingerprint density at radius 2 is 2.00 bits per heavy atom. The molecule has 1 aromatic heterocycles. The monoisotopic (exact) mass is 256 g/mol. The van der Waals surface area contributed by atoms with Gasteiger partial charge >= 0.3 is 0 Å². The number of anilines is 2. The summed E-state index contributed by atoms with van der Waals surface area (Å²) in [7, 11) is 0. The number of nitrogens with zero attached hydrogens (tertiary/aromatic N) is 3. The van der Waals surface area contributed by atoms with E-state index < -0.39 is 0 Å². The van der Waals surface area contributed by atoms with E-state index in [9.17, 15) is 4.79 Å². The Morgan fingerprint density at radius 1 is 1.26 bits per heavy atom. The summed E-state index contributed by atoms with van der Waals surface area (Å²) in [4.78, 5) is 22.0. The second kappa shape index (κ2) is 5.48. The summed E-state index contributed by atoms with van der Waals surface area (Å²) in [5, 5.41) is 0. The van der Waals surface area contributed by atoms with Gasteiger partial charge in [0.05, 0.1) is 12.4 Å². The first-order valence-electron chi connectivity index (χ1n) is 6.08. The Balaban J connectivity index is 2.35. The van der Waals surface area contributed by atoms with Crippen LogP contribution in [0.15, 0.2) is 36.7 Å². The molecule has 0 unspecified atom stereocenters. The molecule has 0 fully saturated rings. The summed E-state index contributed by atoms with van der Waals surface area (Å²) in [6.07, 6.45) is 2.79. The fraction of sp³-hybridized carbons (Fsp3) is 0.214. The van der Waals surface area contributed by atoms with E-state index >= 15 is 0 Å². The van der Waals surface area contributed by atoms with E-state index in [0.29, 0.717) is 18.1 Å². The molecule has 0 spiro atoms. The molecule has 2 N–H and O–H groups in total. The lowest BCUT2D eigenvalue weighted by Gasteiger charge is -2.22. The van der Waals surface area contributed by atoms with Crippen LogP contribution in [0.2, 0.25) is 0 Å². The predicted molar refractivity (Wildman–Crippen MR) is 75.0 cm³/mol. The van der Waals surface area contributed by atoms with Gasteiger partial charge in [0, 0.05) is 12.2 Å². The van der Waals surface area contributed by atoms with E-state index in [1.54, 1.807) is 4.90 Å². The van der Waals surface area contributed by atoms with Crippen LogP contribution < -0.4 is 10.6 Å². The zero-order chi connectivity index (χ0) is 13.8. The number of carbonyl (C=O) groups is 1. The average molecular weight is 256 g/mol.